The molecule has 146 valence electrons. The van der Waals surface area contributed by atoms with Crippen molar-refractivity contribution in [2.75, 3.05) is 38.1 Å². The van der Waals surface area contributed by atoms with Crippen LogP contribution in [-0.2, 0) is 0 Å². The number of β-amino-alcohol motifs (C(OH)–C–C–N with tert-alkyl or cyclic N) is 1. The van der Waals surface area contributed by atoms with Crippen LogP contribution >= 0.6 is 0 Å². The number of nitro groups is 1. The van der Waals surface area contributed by atoms with Crippen LogP contribution < -0.4 is 4.90 Å². The molecule has 1 aromatic carbocycles. The summed E-state index contributed by atoms with van der Waals surface area (Å²) in [4.78, 5) is 19.9. The summed E-state index contributed by atoms with van der Waals surface area (Å²) in [6, 6.07) is 7.15. The third-order valence-corrected chi connectivity index (χ3v) is 5.29. The summed E-state index contributed by atoms with van der Waals surface area (Å²) in [6.07, 6.45) is 1.91. The number of aryl methyl sites for hydroxylation is 1. The molecule has 1 N–H and O–H groups in total. The number of aromatic nitrogens is 1. The summed E-state index contributed by atoms with van der Waals surface area (Å²) >= 11 is 0. The van der Waals surface area contributed by atoms with E-state index in [4.69, 9.17) is 0 Å². The van der Waals surface area contributed by atoms with Crippen LogP contribution in [0.25, 0.3) is 10.9 Å². The largest absolute Gasteiger partial charge is 0.392 e. The monoisotopic (exact) mass is 372 g/mol. The van der Waals surface area contributed by atoms with Crippen molar-refractivity contribution >= 4 is 22.3 Å². The Bertz CT molecular complexity index is 816. The van der Waals surface area contributed by atoms with Gasteiger partial charge in [0.15, 0.2) is 5.52 Å². The topological polar surface area (TPSA) is 82.7 Å². The summed E-state index contributed by atoms with van der Waals surface area (Å²) in [5.41, 5.74) is 2.28. The molecule has 0 amide bonds. The second-order valence-corrected chi connectivity index (χ2v) is 7.69. The van der Waals surface area contributed by atoms with E-state index in [-0.39, 0.29) is 16.7 Å². The molecule has 7 nitrogen and oxygen atoms in total. The van der Waals surface area contributed by atoms with Crippen LogP contribution in [-0.4, -0.2) is 59.2 Å². The number of aliphatic hydroxyl groups excluding tert-OH is 1. The number of pyridine rings is 1. The van der Waals surface area contributed by atoms with E-state index in [9.17, 15) is 15.2 Å². The van der Waals surface area contributed by atoms with Gasteiger partial charge in [0.05, 0.1) is 11.0 Å². The van der Waals surface area contributed by atoms with E-state index in [1.807, 2.05) is 26.0 Å². The smallest absolute Gasteiger partial charge is 0.295 e. The molecule has 3 rings (SSSR count). The number of nitro benzene ring substituents is 1. The Kier molecular flexibility index (Phi) is 5.92. The van der Waals surface area contributed by atoms with Gasteiger partial charge in [-0.3, -0.25) is 10.1 Å². The van der Waals surface area contributed by atoms with Gasteiger partial charge in [0.25, 0.3) is 5.69 Å². The average molecular weight is 372 g/mol. The van der Waals surface area contributed by atoms with Gasteiger partial charge in [0, 0.05) is 43.0 Å². The lowest BCUT2D eigenvalue weighted by atomic mass is 9.95. The van der Waals surface area contributed by atoms with Gasteiger partial charge in [-0.2, -0.15) is 0 Å². The Morgan fingerprint density at radius 3 is 2.74 bits per heavy atom. The van der Waals surface area contributed by atoms with Crippen LogP contribution in [0.2, 0.25) is 0 Å². The van der Waals surface area contributed by atoms with Gasteiger partial charge in [0.2, 0.25) is 0 Å². The first-order valence-electron chi connectivity index (χ1n) is 9.51. The molecule has 0 radical (unpaired) electrons. The second kappa shape index (κ2) is 8.19. The second-order valence-electron chi connectivity index (χ2n) is 7.69. The van der Waals surface area contributed by atoms with E-state index in [0.717, 1.165) is 55.8 Å². The zero-order valence-corrected chi connectivity index (χ0v) is 16.3. The molecule has 1 unspecified atom stereocenters. The summed E-state index contributed by atoms with van der Waals surface area (Å²) in [6.45, 7) is 7.36. The third-order valence-electron chi connectivity index (χ3n) is 5.29. The van der Waals surface area contributed by atoms with Gasteiger partial charge in [-0.1, -0.05) is 12.1 Å². The lowest BCUT2D eigenvalue weighted by Gasteiger charge is -2.35. The fourth-order valence-electron chi connectivity index (χ4n) is 4.01. The Morgan fingerprint density at radius 2 is 2.11 bits per heavy atom. The summed E-state index contributed by atoms with van der Waals surface area (Å²) in [7, 11) is 2.05. The Hall–Kier alpha value is -2.25. The van der Waals surface area contributed by atoms with Gasteiger partial charge in [0.1, 0.15) is 0 Å². The minimum Gasteiger partial charge on any atom is -0.392 e. The number of para-hydroxylation sites is 1. The lowest BCUT2D eigenvalue weighted by molar-refractivity contribution is -0.383. The number of hydrogen-bond acceptors (Lipinski definition) is 6. The maximum atomic E-state index is 11.4. The number of rotatable bonds is 6. The van der Waals surface area contributed by atoms with Crippen LogP contribution in [0.15, 0.2) is 24.3 Å². The van der Waals surface area contributed by atoms with E-state index < -0.39 is 0 Å². The van der Waals surface area contributed by atoms with Crippen LogP contribution in [0, 0.1) is 23.0 Å². The molecule has 0 spiro atoms. The third kappa shape index (κ3) is 4.54. The van der Waals surface area contributed by atoms with Crippen molar-refractivity contribution in [3.8, 4) is 0 Å². The Labute approximate surface area is 159 Å². The summed E-state index contributed by atoms with van der Waals surface area (Å²) < 4.78 is 0. The van der Waals surface area contributed by atoms with Crippen LogP contribution in [0.5, 0.6) is 0 Å². The van der Waals surface area contributed by atoms with Crippen molar-refractivity contribution in [1.29, 1.82) is 0 Å². The van der Waals surface area contributed by atoms with Crippen molar-refractivity contribution in [2.24, 2.45) is 5.92 Å². The highest BCUT2D eigenvalue weighted by Gasteiger charge is 2.23. The molecule has 1 aromatic heterocycles. The molecule has 27 heavy (non-hydrogen) atoms. The molecule has 1 aliphatic rings. The minimum atomic E-state index is -0.365. The molecule has 0 saturated carbocycles. The van der Waals surface area contributed by atoms with E-state index in [1.165, 1.54) is 6.07 Å². The van der Waals surface area contributed by atoms with Crippen LogP contribution in [0.4, 0.5) is 11.4 Å². The van der Waals surface area contributed by atoms with E-state index >= 15 is 0 Å². The summed E-state index contributed by atoms with van der Waals surface area (Å²) in [5, 5.41) is 21.7. The first-order valence-corrected chi connectivity index (χ1v) is 9.51. The number of aliphatic hydroxyl groups is 1. The molecule has 1 saturated heterocycles. The maximum Gasteiger partial charge on any atom is 0.295 e. The maximum absolute atomic E-state index is 11.4. The Balaban J connectivity index is 1.77. The fourth-order valence-corrected chi connectivity index (χ4v) is 4.01. The van der Waals surface area contributed by atoms with Crippen molar-refractivity contribution < 1.29 is 10.0 Å². The van der Waals surface area contributed by atoms with Crippen LogP contribution in [0.3, 0.4) is 0 Å². The molecular weight excluding hydrogens is 344 g/mol. The van der Waals surface area contributed by atoms with Gasteiger partial charge in [-0.25, -0.2) is 4.98 Å². The summed E-state index contributed by atoms with van der Waals surface area (Å²) in [5.74, 6) is 0.572. The molecule has 2 aromatic rings. The standard InChI is InChI=1S/C20H28N4O3/c1-14-11-19(17-5-4-6-18(24(26)27)20(17)21-14)22(3)13-16-7-9-23(10-8-16)12-15(2)25/h4-6,11,15-16,25H,7-10,12-13H2,1-3H3. The highest BCUT2D eigenvalue weighted by molar-refractivity contribution is 5.97. The van der Waals surface area contributed by atoms with Gasteiger partial charge >= 0.3 is 0 Å². The molecule has 1 aliphatic heterocycles. The zero-order chi connectivity index (χ0) is 19.6. The molecule has 2 heterocycles. The first kappa shape index (κ1) is 19.5. The fraction of sp³-hybridized carbons (Fsp3) is 0.550. The predicted octanol–water partition coefficient (Wildman–Crippen LogP) is 2.98. The van der Waals surface area contributed by atoms with Crippen molar-refractivity contribution in [3.63, 3.8) is 0 Å². The first-order chi connectivity index (χ1) is 12.8. The number of nitrogens with zero attached hydrogens (tertiary/aromatic N) is 4. The van der Waals surface area contributed by atoms with E-state index in [1.54, 1.807) is 6.07 Å². The lowest BCUT2D eigenvalue weighted by Crippen LogP contribution is -2.40. The Morgan fingerprint density at radius 1 is 1.41 bits per heavy atom. The number of fused-ring (bicyclic) bond motifs is 1. The number of hydrogen-bond donors (Lipinski definition) is 1. The highest BCUT2D eigenvalue weighted by Crippen LogP contribution is 2.32. The van der Waals surface area contributed by atoms with Crippen molar-refractivity contribution in [3.05, 3.63) is 40.1 Å². The SMILES string of the molecule is Cc1cc(N(C)CC2CCN(CC(C)O)CC2)c2cccc([N+](=O)[O-])c2n1. The average Bonchev–Trinajstić information content (AvgIpc) is 2.61. The molecule has 1 fully saturated rings. The quantitative estimate of drug-likeness (QED) is 0.620. The van der Waals surface area contributed by atoms with Crippen LogP contribution in [0.1, 0.15) is 25.5 Å². The number of likely N-dealkylation sites (tertiary alicyclic amines) is 1. The number of anilines is 1. The molecule has 0 bridgehead atoms. The molecule has 0 aliphatic carbocycles. The van der Waals surface area contributed by atoms with Crippen molar-refractivity contribution in [2.45, 2.75) is 32.8 Å². The molecule has 1 atom stereocenters. The van der Waals surface area contributed by atoms with E-state index in [0.29, 0.717) is 11.4 Å². The highest BCUT2D eigenvalue weighted by atomic mass is 16.6. The van der Waals surface area contributed by atoms with Crippen molar-refractivity contribution in [1.82, 2.24) is 9.88 Å². The van der Waals surface area contributed by atoms with Gasteiger partial charge < -0.3 is 14.9 Å². The van der Waals surface area contributed by atoms with E-state index in [2.05, 4.69) is 21.8 Å². The normalized spacial score (nSPS) is 17.2. The zero-order valence-electron chi connectivity index (χ0n) is 16.3. The van der Waals surface area contributed by atoms with Gasteiger partial charge in [-0.15, -0.1) is 0 Å². The van der Waals surface area contributed by atoms with Gasteiger partial charge in [-0.05, 0) is 51.8 Å². The number of piperidine rings is 1. The molecular formula is C20H28N4O3. The predicted molar refractivity (Wildman–Crippen MR) is 107 cm³/mol. The number of benzene rings is 1. The number of non-ortho nitro benzene ring substituents is 1. The molecule has 7 heteroatoms. The minimum absolute atomic E-state index is 0.0530.